The van der Waals surface area contributed by atoms with Gasteiger partial charge in [0.25, 0.3) is 0 Å². The molecule has 0 atom stereocenters. The molecule has 18 heavy (non-hydrogen) atoms. The second-order valence-corrected chi connectivity index (χ2v) is 6.11. The Labute approximate surface area is 114 Å². The van der Waals surface area contributed by atoms with Gasteiger partial charge in [0.05, 0.1) is 0 Å². The van der Waals surface area contributed by atoms with Crippen molar-refractivity contribution in [2.24, 2.45) is 0 Å². The maximum atomic E-state index is 6.11. The van der Waals surface area contributed by atoms with E-state index in [-0.39, 0.29) is 0 Å². The number of benzene rings is 1. The Hall–Kier alpha value is -0.730. The summed E-state index contributed by atoms with van der Waals surface area (Å²) in [6, 6.07) is 8.28. The molecule has 0 aromatic heterocycles. The van der Waals surface area contributed by atoms with Crippen molar-refractivity contribution < 1.29 is 0 Å². The second-order valence-electron chi connectivity index (χ2n) is 5.67. The average Bonchev–Trinajstić information content (AvgIpc) is 2.70. The molecule has 1 saturated heterocycles. The van der Waals surface area contributed by atoms with Gasteiger partial charge < -0.3 is 10.2 Å². The zero-order valence-electron chi connectivity index (χ0n) is 10.8. The summed E-state index contributed by atoms with van der Waals surface area (Å²) in [5.74, 6) is 0. The number of hydrogen-bond donors (Lipinski definition) is 1. The lowest BCUT2D eigenvalue weighted by Crippen LogP contribution is -2.49. The number of nitrogens with zero attached hydrogens (tertiary/aromatic N) is 1. The average molecular weight is 265 g/mol. The van der Waals surface area contributed by atoms with Crippen LogP contribution in [0.5, 0.6) is 0 Å². The Kier molecular flexibility index (Phi) is 3.49. The van der Waals surface area contributed by atoms with Crippen LogP contribution in [0.1, 0.15) is 32.1 Å². The zero-order valence-corrected chi connectivity index (χ0v) is 11.5. The molecule has 1 spiro atoms. The molecule has 1 N–H and O–H groups in total. The van der Waals surface area contributed by atoms with Crippen LogP contribution in [-0.2, 0) is 0 Å². The molecule has 2 aliphatic rings. The van der Waals surface area contributed by atoms with E-state index >= 15 is 0 Å². The molecule has 1 aromatic rings. The molecule has 0 radical (unpaired) electrons. The fourth-order valence-electron chi connectivity index (χ4n) is 3.40. The summed E-state index contributed by atoms with van der Waals surface area (Å²) >= 11 is 6.11. The van der Waals surface area contributed by atoms with Gasteiger partial charge in [0.1, 0.15) is 0 Å². The normalized spacial score (nSPS) is 23.3. The highest BCUT2D eigenvalue weighted by Crippen LogP contribution is 2.33. The molecule has 2 nitrogen and oxygen atoms in total. The maximum absolute atomic E-state index is 6.11. The van der Waals surface area contributed by atoms with Crippen LogP contribution >= 0.6 is 11.6 Å². The molecule has 1 aromatic carbocycles. The van der Waals surface area contributed by atoms with Crippen molar-refractivity contribution in [3.63, 3.8) is 0 Å². The Morgan fingerprint density at radius 2 is 2.00 bits per heavy atom. The van der Waals surface area contributed by atoms with Crippen LogP contribution in [0.25, 0.3) is 0 Å². The van der Waals surface area contributed by atoms with E-state index < -0.39 is 0 Å². The van der Waals surface area contributed by atoms with Crippen LogP contribution < -0.4 is 10.2 Å². The van der Waals surface area contributed by atoms with Gasteiger partial charge in [0.15, 0.2) is 0 Å². The Balaban J connectivity index is 1.82. The Bertz CT molecular complexity index is 413. The maximum Gasteiger partial charge on any atom is 0.0426 e. The van der Waals surface area contributed by atoms with Crippen LogP contribution in [0.4, 0.5) is 5.69 Å². The molecular formula is C15H21ClN2. The van der Waals surface area contributed by atoms with Gasteiger partial charge in [-0.05, 0) is 44.0 Å². The minimum atomic E-state index is 0.360. The molecule has 0 amide bonds. The summed E-state index contributed by atoms with van der Waals surface area (Å²) in [5, 5.41) is 4.63. The summed E-state index contributed by atoms with van der Waals surface area (Å²) in [5.41, 5.74) is 1.64. The molecule has 0 unspecified atom stereocenters. The third-order valence-corrected chi connectivity index (χ3v) is 4.57. The Morgan fingerprint density at radius 3 is 2.78 bits per heavy atom. The largest absolute Gasteiger partial charge is 0.370 e. The summed E-state index contributed by atoms with van der Waals surface area (Å²) in [6.45, 7) is 3.42. The van der Waals surface area contributed by atoms with E-state index in [2.05, 4.69) is 28.4 Å². The van der Waals surface area contributed by atoms with Crippen molar-refractivity contribution in [2.75, 3.05) is 24.5 Å². The van der Waals surface area contributed by atoms with Crippen LogP contribution in [-0.4, -0.2) is 25.2 Å². The quantitative estimate of drug-likeness (QED) is 0.836. The van der Waals surface area contributed by atoms with Crippen molar-refractivity contribution in [1.29, 1.82) is 0 Å². The third-order valence-electron chi connectivity index (χ3n) is 4.33. The molecule has 1 saturated carbocycles. The summed E-state index contributed by atoms with van der Waals surface area (Å²) in [4.78, 5) is 2.51. The highest BCUT2D eigenvalue weighted by atomic mass is 35.5. The molecule has 1 aliphatic heterocycles. The van der Waals surface area contributed by atoms with Crippen molar-refractivity contribution in [3.05, 3.63) is 29.3 Å². The highest BCUT2D eigenvalue weighted by molar-refractivity contribution is 6.30. The van der Waals surface area contributed by atoms with E-state index in [0.717, 1.165) is 24.7 Å². The standard InChI is InChI=1S/C15H21ClN2/c16-13-5-3-6-14(11-13)18-10-4-9-17-15(12-18)7-1-2-8-15/h3,5-6,11,17H,1-2,4,7-10,12H2. The SMILES string of the molecule is Clc1cccc(N2CCCNC3(CCCC3)C2)c1. The zero-order chi connectivity index (χ0) is 12.4. The van der Waals surface area contributed by atoms with Crippen LogP contribution in [0.2, 0.25) is 5.02 Å². The minimum absolute atomic E-state index is 0.360. The Morgan fingerprint density at radius 1 is 1.17 bits per heavy atom. The van der Waals surface area contributed by atoms with Crippen LogP contribution in [0, 0.1) is 0 Å². The van der Waals surface area contributed by atoms with Crippen molar-refractivity contribution in [2.45, 2.75) is 37.6 Å². The van der Waals surface area contributed by atoms with E-state index in [0.29, 0.717) is 5.54 Å². The van der Waals surface area contributed by atoms with Gasteiger partial charge in [0.2, 0.25) is 0 Å². The molecule has 2 fully saturated rings. The summed E-state index contributed by atoms with van der Waals surface area (Å²) in [6.07, 6.45) is 6.61. The number of halogens is 1. The molecule has 0 bridgehead atoms. The van der Waals surface area contributed by atoms with Gasteiger partial charge in [-0.2, -0.15) is 0 Å². The topological polar surface area (TPSA) is 15.3 Å². The van der Waals surface area contributed by atoms with Gasteiger partial charge in [0, 0.05) is 29.3 Å². The van der Waals surface area contributed by atoms with Crippen molar-refractivity contribution in [1.82, 2.24) is 5.32 Å². The van der Waals surface area contributed by atoms with Crippen LogP contribution in [0.3, 0.4) is 0 Å². The first-order valence-electron chi connectivity index (χ1n) is 7.03. The lowest BCUT2D eigenvalue weighted by atomic mass is 9.97. The molecule has 98 valence electrons. The highest BCUT2D eigenvalue weighted by Gasteiger charge is 2.36. The number of rotatable bonds is 1. The van der Waals surface area contributed by atoms with E-state index in [1.54, 1.807) is 0 Å². The third kappa shape index (κ3) is 2.50. The molecular weight excluding hydrogens is 244 g/mol. The lowest BCUT2D eigenvalue weighted by Gasteiger charge is -2.34. The molecule has 3 heteroatoms. The lowest BCUT2D eigenvalue weighted by molar-refractivity contribution is 0.354. The van der Waals surface area contributed by atoms with Crippen molar-refractivity contribution in [3.8, 4) is 0 Å². The van der Waals surface area contributed by atoms with E-state index in [1.165, 1.54) is 37.8 Å². The van der Waals surface area contributed by atoms with E-state index in [1.807, 2.05) is 6.07 Å². The van der Waals surface area contributed by atoms with Gasteiger partial charge >= 0.3 is 0 Å². The first-order valence-corrected chi connectivity index (χ1v) is 7.41. The summed E-state index contributed by atoms with van der Waals surface area (Å²) in [7, 11) is 0. The van der Waals surface area contributed by atoms with Gasteiger partial charge in [-0.3, -0.25) is 0 Å². The van der Waals surface area contributed by atoms with Gasteiger partial charge in [-0.15, -0.1) is 0 Å². The number of nitrogens with one attached hydrogen (secondary N) is 1. The fourth-order valence-corrected chi connectivity index (χ4v) is 3.59. The minimum Gasteiger partial charge on any atom is -0.370 e. The van der Waals surface area contributed by atoms with Crippen molar-refractivity contribution >= 4 is 17.3 Å². The predicted octanol–water partition coefficient (Wildman–Crippen LogP) is 3.45. The molecule has 1 heterocycles. The first kappa shape index (κ1) is 12.3. The van der Waals surface area contributed by atoms with Gasteiger partial charge in [-0.1, -0.05) is 30.5 Å². The first-order chi connectivity index (χ1) is 8.77. The molecule has 3 rings (SSSR count). The van der Waals surface area contributed by atoms with Crippen LogP contribution in [0.15, 0.2) is 24.3 Å². The molecule has 1 aliphatic carbocycles. The predicted molar refractivity (Wildman–Crippen MR) is 77.5 cm³/mol. The number of anilines is 1. The monoisotopic (exact) mass is 264 g/mol. The fraction of sp³-hybridized carbons (Fsp3) is 0.600. The smallest absolute Gasteiger partial charge is 0.0426 e. The van der Waals surface area contributed by atoms with E-state index in [4.69, 9.17) is 11.6 Å². The van der Waals surface area contributed by atoms with Gasteiger partial charge in [-0.25, -0.2) is 0 Å². The number of hydrogen-bond acceptors (Lipinski definition) is 2. The van der Waals surface area contributed by atoms with E-state index in [9.17, 15) is 0 Å². The second kappa shape index (κ2) is 5.10. The summed E-state index contributed by atoms with van der Waals surface area (Å²) < 4.78 is 0.